The Labute approximate surface area is 82.1 Å². The second kappa shape index (κ2) is 4.18. The predicted molar refractivity (Wildman–Crippen MR) is 44.2 cm³/mol. The van der Waals surface area contributed by atoms with Crippen LogP contribution in [0.1, 0.15) is 0 Å². The zero-order valence-electron chi connectivity index (χ0n) is 7.06. The SMILES string of the molecule is COC(F)(F)Sc1ccc(F)cc1F. The van der Waals surface area contributed by atoms with E-state index in [0.717, 1.165) is 19.2 Å². The molecule has 6 heteroatoms. The highest BCUT2D eigenvalue weighted by Gasteiger charge is 2.31. The highest BCUT2D eigenvalue weighted by molar-refractivity contribution is 8.00. The average Bonchev–Trinajstić information content (AvgIpc) is 2.10. The van der Waals surface area contributed by atoms with Crippen molar-refractivity contribution in [2.45, 2.75) is 10.3 Å². The summed E-state index contributed by atoms with van der Waals surface area (Å²) in [5.74, 6) is -1.85. The van der Waals surface area contributed by atoms with Gasteiger partial charge in [-0.3, -0.25) is 0 Å². The van der Waals surface area contributed by atoms with Crippen LogP contribution in [0.25, 0.3) is 0 Å². The van der Waals surface area contributed by atoms with Gasteiger partial charge in [0.05, 0.1) is 4.90 Å². The third kappa shape index (κ3) is 2.88. The molecule has 0 aliphatic carbocycles. The van der Waals surface area contributed by atoms with Gasteiger partial charge in [0.1, 0.15) is 11.6 Å². The molecular weight excluding hydrogens is 220 g/mol. The van der Waals surface area contributed by atoms with Gasteiger partial charge in [0.15, 0.2) is 0 Å². The van der Waals surface area contributed by atoms with E-state index in [0.29, 0.717) is 6.07 Å². The molecule has 0 aliphatic heterocycles. The lowest BCUT2D eigenvalue weighted by Gasteiger charge is -2.12. The third-order valence-electron chi connectivity index (χ3n) is 1.36. The maximum absolute atomic E-state index is 12.9. The van der Waals surface area contributed by atoms with Crippen LogP contribution in [0.3, 0.4) is 0 Å². The van der Waals surface area contributed by atoms with Crippen LogP contribution in [0, 0.1) is 11.6 Å². The molecule has 0 saturated heterocycles. The molecular formula is C8H6F4OS. The number of hydrogen-bond acceptors (Lipinski definition) is 2. The van der Waals surface area contributed by atoms with E-state index in [-0.39, 0.29) is 16.7 Å². The van der Waals surface area contributed by atoms with E-state index in [1.165, 1.54) is 0 Å². The molecule has 0 aromatic heterocycles. The van der Waals surface area contributed by atoms with E-state index in [1.807, 2.05) is 0 Å². The molecule has 1 aromatic rings. The number of rotatable bonds is 3. The van der Waals surface area contributed by atoms with Gasteiger partial charge in [-0.25, -0.2) is 8.78 Å². The van der Waals surface area contributed by atoms with E-state index >= 15 is 0 Å². The summed E-state index contributed by atoms with van der Waals surface area (Å²) in [6.07, 6.45) is 0. The van der Waals surface area contributed by atoms with Gasteiger partial charge in [0.2, 0.25) is 0 Å². The lowest BCUT2D eigenvalue weighted by atomic mass is 10.3. The zero-order chi connectivity index (χ0) is 10.8. The minimum absolute atomic E-state index is 0.116. The standard InChI is InChI=1S/C8H6F4OS/c1-13-8(11,12)14-7-3-2-5(9)4-6(7)10/h2-4H,1H3. The fraction of sp³-hybridized carbons (Fsp3) is 0.250. The largest absolute Gasteiger partial charge is 0.412 e. The Morgan fingerprint density at radius 3 is 2.43 bits per heavy atom. The normalized spacial score (nSPS) is 11.8. The number of halogens is 4. The number of methoxy groups -OCH3 is 1. The highest BCUT2D eigenvalue weighted by atomic mass is 32.2. The van der Waals surface area contributed by atoms with Gasteiger partial charge in [-0.05, 0) is 23.9 Å². The third-order valence-corrected chi connectivity index (χ3v) is 2.32. The lowest BCUT2D eigenvalue weighted by Crippen LogP contribution is -2.12. The summed E-state index contributed by atoms with van der Waals surface area (Å²) in [5, 5.41) is 0. The van der Waals surface area contributed by atoms with Crippen molar-refractivity contribution in [1.29, 1.82) is 0 Å². The fourth-order valence-electron chi connectivity index (χ4n) is 0.728. The van der Waals surface area contributed by atoms with Crippen molar-refractivity contribution in [3.05, 3.63) is 29.8 Å². The Balaban J connectivity index is 2.87. The van der Waals surface area contributed by atoms with Crippen molar-refractivity contribution in [2.24, 2.45) is 0 Å². The molecule has 0 bridgehead atoms. The van der Waals surface area contributed by atoms with Gasteiger partial charge in [-0.15, -0.1) is 0 Å². The molecule has 1 rings (SSSR count). The first-order valence-corrected chi connectivity index (χ1v) is 4.33. The number of ether oxygens (including phenoxy) is 1. The smallest absolute Gasteiger partial charge is 0.315 e. The predicted octanol–water partition coefficient (Wildman–Crippen LogP) is 3.25. The fourth-order valence-corrected chi connectivity index (χ4v) is 1.36. The Hall–Kier alpha value is -0.750. The van der Waals surface area contributed by atoms with Crippen molar-refractivity contribution in [3.8, 4) is 0 Å². The molecule has 78 valence electrons. The molecule has 0 spiro atoms. The van der Waals surface area contributed by atoms with Crippen molar-refractivity contribution in [1.82, 2.24) is 0 Å². The van der Waals surface area contributed by atoms with Crippen molar-refractivity contribution < 1.29 is 22.3 Å². The summed E-state index contributed by atoms with van der Waals surface area (Å²) in [6.45, 7) is 0. The first-order valence-electron chi connectivity index (χ1n) is 3.51. The monoisotopic (exact) mass is 226 g/mol. The van der Waals surface area contributed by atoms with Crippen LogP contribution in [0.4, 0.5) is 17.6 Å². The van der Waals surface area contributed by atoms with Gasteiger partial charge in [0.25, 0.3) is 0 Å². The zero-order valence-corrected chi connectivity index (χ0v) is 7.88. The Kier molecular flexibility index (Phi) is 3.38. The minimum Gasteiger partial charge on any atom is -0.315 e. The second-order valence-electron chi connectivity index (χ2n) is 2.34. The van der Waals surface area contributed by atoms with Gasteiger partial charge in [0, 0.05) is 13.2 Å². The maximum Gasteiger partial charge on any atom is 0.412 e. The lowest BCUT2D eigenvalue weighted by molar-refractivity contribution is -0.140. The van der Waals surface area contributed by atoms with Crippen molar-refractivity contribution in [2.75, 3.05) is 7.11 Å². The Bertz CT molecular complexity index is 329. The number of thioether (sulfide) groups is 1. The summed E-state index contributed by atoms with van der Waals surface area (Å²) in [7, 11) is 0.800. The van der Waals surface area contributed by atoms with Crippen LogP contribution in [0.2, 0.25) is 0 Å². The average molecular weight is 226 g/mol. The summed E-state index contributed by atoms with van der Waals surface area (Å²) >= 11 is -0.116. The van der Waals surface area contributed by atoms with E-state index < -0.39 is 17.1 Å². The number of benzene rings is 1. The molecule has 0 fully saturated rings. The second-order valence-corrected chi connectivity index (χ2v) is 3.46. The minimum atomic E-state index is -3.52. The molecule has 0 N–H and O–H groups in total. The van der Waals surface area contributed by atoms with Crippen LogP contribution in [-0.4, -0.2) is 12.6 Å². The van der Waals surface area contributed by atoms with Crippen molar-refractivity contribution in [3.63, 3.8) is 0 Å². The van der Waals surface area contributed by atoms with Crippen LogP contribution in [0.15, 0.2) is 23.1 Å². The Morgan fingerprint density at radius 2 is 1.93 bits per heavy atom. The molecule has 0 saturated carbocycles. The van der Waals surface area contributed by atoms with Gasteiger partial charge in [-0.1, -0.05) is 0 Å². The molecule has 0 radical (unpaired) electrons. The van der Waals surface area contributed by atoms with Crippen LogP contribution in [0.5, 0.6) is 0 Å². The van der Waals surface area contributed by atoms with E-state index in [2.05, 4.69) is 4.74 Å². The molecule has 0 amide bonds. The van der Waals surface area contributed by atoms with Gasteiger partial charge >= 0.3 is 5.44 Å². The van der Waals surface area contributed by atoms with E-state index in [4.69, 9.17) is 0 Å². The molecule has 1 nitrogen and oxygen atoms in total. The van der Waals surface area contributed by atoms with E-state index in [9.17, 15) is 17.6 Å². The van der Waals surface area contributed by atoms with Crippen LogP contribution >= 0.6 is 11.8 Å². The van der Waals surface area contributed by atoms with Crippen LogP contribution < -0.4 is 0 Å². The first-order chi connectivity index (χ1) is 6.44. The van der Waals surface area contributed by atoms with Crippen molar-refractivity contribution >= 4 is 11.8 Å². The van der Waals surface area contributed by atoms with E-state index in [1.54, 1.807) is 0 Å². The summed E-state index contributed by atoms with van der Waals surface area (Å²) in [6, 6.07) is 2.37. The highest BCUT2D eigenvalue weighted by Crippen LogP contribution is 2.37. The molecule has 0 aliphatic rings. The number of hydrogen-bond donors (Lipinski definition) is 0. The first kappa shape index (κ1) is 11.3. The topological polar surface area (TPSA) is 9.23 Å². The number of alkyl halides is 2. The van der Waals surface area contributed by atoms with Gasteiger partial charge in [-0.2, -0.15) is 8.78 Å². The summed E-state index contributed by atoms with van der Waals surface area (Å²) < 4.78 is 54.3. The van der Waals surface area contributed by atoms with Crippen LogP contribution in [-0.2, 0) is 4.74 Å². The molecule has 1 aromatic carbocycles. The summed E-state index contributed by atoms with van der Waals surface area (Å²) in [4.78, 5) is -0.363. The molecule has 0 heterocycles. The quantitative estimate of drug-likeness (QED) is 0.444. The molecule has 0 atom stereocenters. The van der Waals surface area contributed by atoms with Gasteiger partial charge < -0.3 is 4.74 Å². The molecule has 14 heavy (non-hydrogen) atoms. The molecule has 0 unspecified atom stereocenters. The summed E-state index contributed by atoms with van der Waals surface area (Å²) in [5.41, 5.74) is -3.52. The Morgan fingerprint density at radius 1 is 1.29 bits per heavy atom. The maximum atomic E-state index is 12.9.